The van der Waals surface area contributed by atoms with E-state index in [2.05, 4.69) is 20.6 Å². The number of carbonyl (C=O) groups excluding carboxylic acids is 1. The molecular weight excluding hydrogens is 370 g/mol. The smallest absolute Gasteiger partial charge is 0.410 e. The molecule has 0 radical (unpaired) electrons. The first-order valence-electron chi connectivity index (χ1n) is 9.74. The topological polar surface area (TPSA) is 92.0 Å². The van der Waals surface area contributed by atoms with Crippen molar-refractivity contribution in [1.82, 2.24) is 20.5 Å². The number of rotatable bonds is 7. The van der Waals surface area contributed by atoms with Crippen LogP contribution in [-0.4, -0.2) is 54.2 Å². The molecule has 1 aromatic heterocycles. The van der Waals surface area contributed by atoms with E-state index in [1.165, 1.54) is 4.90 Å². The molecule has 0 aliphatic rings. The van der Waals surface area contributed by atoms with Crippen LogP contribution in [0.2, 0.25) is 0 Å². The fourth-order valence-electron chi connectivity index (χ4n) is 2.37. The maximum atomic E-state index is 12.0. The van der Waals surface area contributed by atoms with E-state index in [1.54, 1.807) is 13.3 Å². The van der Waals surface area contributed by atoms with Gasteiger partial charge in [-0.05, 0) is 39.8 Å². The Labute approximate surface area is 172 Å². The van der Waals surface area contributed by atoms with Gasteiger partial charge in [0.05, 0.1) is 6.54 Å². The maximum absolute atomic E-state index is 12.0. The number of nitrogens with zero attached hydrogens (tertiary/aromatic N) is 3. The molecule has 0 atom stereocenters. The van der Waals surface area contributed by atoms with Gasteiger partial charge in [-0.25, -0.2) is 14.8 Å². The number of hydrogen-bond donors (Lipinski definition) is 2. The van der Waals surface area contributed by atoms with E-state index in [4.69, 9.17) is 9.15 Å². The molecule has 8 nitrogen and oxygen atoms in total. The average Bonchev–Trinajstić information content (AvgIpc) is 3.14. The molecule has 158 valence electrons. The third-order valence-electron chi connectivity index (χ3n) is 3.76. The lowest BCUT2D eigenvalue weighted by Gasteiger charge is -2.24. The summed E-state index contributed by atoms with van der Waals surface area (Å²) in [5.74, 6) is 1.22. The van der Waals surface area contributed by atoms with Crippen LogP contribution in [0.5, 0.6) is 0 Å². The summed E-state index contributed by atoms with van der Waals surface area (Å²) in [6, 6.07) is 9.74. The largest absolute Gasteiger partial charge is 0.444 e. The number of likely N-dealkylation sites (N-methyl/N-ethyl adjacent to an activating group) is 1. The van der Waals surface area contributed by atoms with Crippen molar-refractivity contribution in [3.05, 3.63) is 42.3 Å². The quantitative estimate of drug-likeness (QED) is 0.546. The van der Waals surface area contributed by atoms with Crippen LogP contribution in [0.3, 0.4) is 0 Å². The molecule has 1 heterocycles. The van der Waals surface area contributed by atoms with Gasteiger partial charge in [-0.3, -0.25) is 0 Å². The van der Waals surface area contributed by atoms with Crippen molar-refractivity contribution in [3.8, 4) is 11.5 Å². The minimum absolute atomic E-state index is 0.350. The van der Waals surface area contributed by atoms with E-state index in [0.717, 1.165) is 17.8 Å². The van der Waals surface area contributed by atoms with Gasteiger partial charge in [-0.15, -0.1) is 0 Å². The van der Waals surface area contributed by atoms with E-state index in [-0.39, 0.29) is 6.09 Å². The van der Waals surface area contributed by atoms with Gasteiger partial charge < -0.3 is 24.7 Å². The summed E-state index contributed by atoms with van der Waals surface area (Å²) in [7, 11) is 1.71. The Kier molecular flexibility index (Phi) is 8.06. The fraction of sp³-hybridized carbons (Fsp3) is 0.476. The van der Waals surface area contributed by atoms with Crippen molar-refractivity contribution < 1.29 is 13.9 Å². The van der Waals surface area contributed by atoms with Crippen molar-refractivity contribution in [2.24, 2.45) is 4.99 Å². The van der Waals surface area contributed by atoms with E-state index in [1.807, 2.05) is 58.0 Å². The second kappa shape index (κ2) is 10.5. The highest BCUT2D eigenvalue weighted by molar-refractivity contribution is 5.79. The van der Waals surface area contributed by atoms with Gasteiger partial charge in [0, 0.05) is 32.2 Å². The maximum Gasteiger partial charge on any atom is 0.410 e. The SMILES string of the molecule is CCNC(=NCc1coc(-c2ccccc2)n1)NCCN(C)C(=O)OC(C)(C)C. The third-order valence-corrected chi connectivity index (χ3v) is 3.76. The summed E-state index contributed by atoms with van der Waals surface area (Å²) in [5, 5.41) is 6.39. The minimum Gasteiger partial charge on any atom is -0.444 e. The number of ether oxygens (including phenoxy) is 1. The number of aliphatic imine (C=N–C) groups is 1. The second-order valence-corrected chi connectivity index (χ2v) is 7.53. The van der Waals surface area contributed by atoms with E-state index in [0.29, 0.717) is 31.5 Å². The zero-order chi connectivity index (χ0) is 21.3. The second-order valence-electron chi connectivity index (χ2n) is 7.53. The molecule has 29 heavy (non-hydrogen) atoms. The van der Waals surface area contributed by atoms with E-state index >= 15 is 0 Å². The highest BCUT2D eigenvalue weighted by Gasteiger charge is 2.19. The van der Waals surface area contributed by atoms with Gasteiger partial charge in [-0.2, -0.15) is 0 Å². The molecule has 8 heteroatoms. The zero-order valence-electron chi connectivity index (χ0n) is 17.9. The lowest BCUT2D eigenvalue weighted by molar-refractivity contribution is 0.0302. The molecule has 0 fully saturated rings. The van der Waals surface area contributed by atoms with Gasteiger partial charge >= 0.3 is 6.09 Å². The Morgan fingerprint density at radius 2 is 1.97 bits per heavy atom. The molecule has 2 N–H and O–H groups in total. The molecule has 2 aromatic rings. The number of oxazole rings is 1. The Morgan fingerprint density at radius 1 is 1.24 bits per heavy atom. The summed E-state index contributed by atoms with van der Waals surface area (Å²) < 4.78 is 10.9. The summed E-state index contributed by atoms with van der Waals surface area (Å²) >= 11 is 0. The van der Waals surface area contributed by atoms with E-state index in [9.17, 15) is 4.79 Å². The van der Waals surface area contributed by atoms with Crippen LogP contribution in [-0.2, 0) is 11.3 Å². The summed E-state index contributed by atoms with van der Waals surface area (Å²) in [6.07, 6.45) is 1.27. The van der Waals surface area contributed by atoms with Crippen LogP contribution in [0.4, 0.5) is 4.79 Å². The van der Waals surface area contributed by atoms with Crippen molar-refractivity contribution >= 4 is 12.1 Å². The van der Waals surface area contributed by atoms with Crippen LogP contribution in [0.25, 0.3) is 11.5 Å². The highest BCUT2D eigenvalue weighted by Crippen LogP contribution is 2.18. The zero-order valence-corrected chi connectivity index (χ0v) is 17.9. The molecule has 0 bridgehead atoms. The predicted molar refractivity (Wildman–Crippen MR) is 114 cm³/mol. The number of guanidine groups is 1. The number of nitrogens with one attached hydrogen (secondary N) is 2. The Bertz CT molecular complexity index is 796. The number of amides is 1. The minimum atomic E-state index is -0.509. The normalized spacial score (nSPS) is 11.8. The van der Waals surface area contributed by atoms with Crippen molar-refractivity contribution in [3.63, 3.8) is 0 Å². The summed E-state index contributed by atoms with van der Waals surface area (Å²) in [4.78, 5) is 22.5. The first kappa shape index (κ1) is 22.3. The van der Waals surface area contributed by atoms with E-state index < -0.39 is 5.60 Å². The summed E-state index contributed by atoms with van der Waals surface area (Å²) in [6.45, 7) is 9.67. The molecule has 0 unspecified atom stereocenters. The standard InChI is InChI=1S/C21H31N5O3/c1-6-22-19(23-12-13-26(5)20(27)29-21(2,3)4)24-14-17-15-28-18(25-17)16-10-8-7-9-11-16/h7-11,15H,6,12-14H2,1-5H3,(H2,22,23,24). The molecule has 0 aliphatic heterocycles. The average molecular weight is 402 g/mol. The van der Waals surface area contributed by atoms with Crippen LogP contribution in [0, 0.1) is 0 Å². The van der Waals surface area contributed by atoms with Gasteiger partial charge in [-0.1, -0.05) is 18.2 Å². The van der Waals surface area contributed by atoms with Crippen LogP contribution in [0.1, 0.15) is 33.4 Å². The lowest BCUT2D eigenvalue weighted by Crippen LogP contribution is -2.43. The molecule has 0 aliphatic carbocycles. The Balaban J connectivity index is 1.87. The number of aromatic nitrogens is 1. The van der Waals surface area contributed by atoms with Gasteiger partial charge in [0.2, 0.25) is 5.89 Å². The van der Waals surface area contributed by atoms with Gasteiger partial charge in [0.15, 0.2) is 5.96 Å². The first-order chi connectivity index (χ1) is 13.8. The molecule has 1 aromatic carbocycles. The lowest BCUT2D eigenvalue weighted by atomic mass is 10.2. The molecular formula is C21H31N5O3. The number of carbonyl (C=O) groups is 1. The molecule has 0 spiro atoms. The predicted octanol–water partition coefficient (Wildman–Crippen LogP) is 3.26. The number of benzene rings is 1. The number of hydrogen-bond acceptors (Lipinski definition) is 5. The molecule has 2 rings (SSSR count). The fourth-order valence-corrected chi connectivity index (χ4v) is 2.37. The Morgan fingerprint density at radius 3 is 2.62 bits per heavy atom. The van der Waals surface area contributed by atoms with Crippen LogP contribution < -0.4 is 10.6 Å². The van der Waals surface area contributed by atoms with Crippen molar-refractivity contribution in [1.29, 1.82) is 0 Å². The van der Waals surface area contributed by atoms with Crippen LogP contribution >= 0.6 is 0 Å². The highest BCUT2D eigenvalue weighted by atomic mass is 16.6. The summed E-state index contributed by atoms with van der Waals surface area (Å²) in [5.41, 5.74) is 1.16. The molecule has 0 saturated carbocycles. The van der Waals surface area contributed by atoms with Crippen molar-refractivity contribution in [2.75, 3.05) is 26.7 Å². The van der Waals surface area contributed by atoms with Gasteiger partial charge in [0.1, 0.15) is 17.6 Å². The van der Waals surface area contributed by atoms with Crippen molar-refractivity contribution in [2.45, 2.75) is 39.8 Å². The molecule has 1 amide bonds. The third kappa shape index (κ3) is 7.85. The van der Waals surface area contributed by atoms with Crippen LogP contribution in [0.15, 0.2) is 46.0 Å². The monoisotopic (exact) mass is 401 g/mol. The first-order valence-corrected chi connectivity index (χ1v) is 9.74. The Hall–Kier alpha value is -3.03. The molecule has 0 saturated heterocycles. The van der Waals surface area contributed by atoms with Gasteiger partial charge in [0.25, 0.3) is 0 Å².